The second-order valence-electron chi connectivity index (χ2n) is 12.5. The Hall–Kier alpha value is -6.97. The van der Waals surface area contributed by atoms with Gasteiger partial charge in [-0.1, -0.05) is 127 Å². The highest BCUT2D eigenvalue weighted by Crippen LogP contribution is 2.43. The summed E-state index contributed by atoms with van der Waals surface area (Å²) in [5.41, 5.74) is 9.28. The molecule has 0 saturated heterocycles. The molecule has 0 radical (unpaired) electrons. The molecule has 0 atom stereocenters. The molecule has 0 aliphatic rings. The van der Waals surface area contributed by atoms with Crippen LogP contribution in [0.15, 0.2) is 194 Å². The van der Waals surface area contributed by atoms with Gasteiger partial charge in [0.05, 0.1) is 11.2 Å². The molecule has 0 spiro atoms. The molecule has 0 saturated carbocycles. The lowest BCUT2D eigenvalue weighted by Crippen LogP contribution is -1.90. The Kier molecular flexibility index (Phi) is 8.75. The molecule has 2 heterocycles. The van der Waals surface area contributed by atoms with Crippen LogP contribution in [0.5, 0.6) is 0 Å². The van der Waals surface area contributed by atoms with E-state index in [4.69, 9.17) is 0 Å². The third-order valence-corrected chi connectivity index (χ3v) is 9.73. The van der Waals surface area contributed by atoms with Crippen LogP contribution < -0.4 is 0 Å². The van der Waals surface area contributed by atoms with Crippen LogP contribution in [-0.4, -0.2) is 16.7 Å². The molecule has 0 unspecified atom stereocenters. The smallest absolute Gasteiger partial charge is 0.0708 e. The minimum atomic E-state index is 0.924. The molecule has 0 amide bonds. The van der Waals surface area contributed by atoms with Gasteiger partial charge in [0, 0.05) is 29.4 Å². The molecule has 10 aromatic rings. The standard InChI is InChI=1S/C40H24N2.C7H7N.C2H4/c1-4-25-21-23-41-24-37(25)30(5-1)26-9-11-27(12-10-26)31-17-13-28-16-20-36-33(18-14-29-15-19-35(31)39(28)40(29)36)32-6-2-8-38-34(32)7-3-22-42-38;1-8-7-5-3-2-4-6-7;1-2/h1-24H;2-6H,1H2;1-2H2. The monoisotopic (exact) mass is 665 g/mol. The Morgan fingerprint density at radius 1 is 0.404 bits per heavy atom. The number of aliphatic imine (C=N–C) groups is 1. The first-order chi connectivity index (χ1) is 25.8. The summed E-state index contributed by atoms with van der Waals surface area (Å²) in [7, 11) is 0. The van der Waals surface area contributed by atoms with Gasteiger partial charge in [-0.25, -0.2) is 0 Å². The lowest BCUT2D eigenvalue weighted by Gasteiger charge is -2.17. The van der Waals surface area contributed by atoms with Gasteiger partial charge in [-0.15, -0.1) is 13.2 Å². The molecule has 0 N–H and O–H groups in total. The molecule has 0 bridgehead atoms. The topological polar surface area (TPSA) is 38.1 Å². The van der Waals surface area contributed by atoms with Gasteiger partial charge >= 0.3 is 0 Å². The molecule has 3 heteroatoms. The Balaban J connectivity index is 0.000000341. The van der Waals surface area contributed by atoms with E-state index in [1.807, 2.05) is 55.0 Å². The summed E-state index contributed by atoms with van der Waals surface area (Å²) in [6, 6.07) is 56.0. The first-order valence-electron chi connectivity index (χ1n) is 17.3. The first kappa shape index (κ1) is 32.2. The quantitative estimate of drug-likeness (QED) is 0.107. The van der Waals surface area contributed by atoms with Gasteiger partial charge in [-0.05, 0) is 108 Å². The van der Waals surface area contributed by atoms with Crippen molar-refractivity contribution in [3.8, 4) is 33.4 Å². The highest BCUT2D eigenvalue weighted by Gasteiger charge is 2.16. The van der Waals surface area contributed by atoms with Crippen molar-refractivity contribution in [3.05, 3.63) is 189 Å². The molecule has 10 rings (SSSR count). The minimum Gasteiger partial charge on any atom is -0.265 e. The van der Waals surface area contributed by atoms with Crippen LogP contribution in [0.1, 0.15) is 0 Å². The summed E-state index contributed by atoms with van der Waals surface area (Å²) in [5.74, 6) is 0. The zero-order chi connectivity index (χ0) is 35.4. The fourth-order valence-corrected chi connectivity index (χ4v) is 7.35. The summed E-state index contributed by atoms with van der Waals surface area (Å²) >= 11 is 0. The maximum Gasteiger partial charge on any atom is 0.0708 e. The Morgan fingerprint density at radius 3 is 1.69 bits per heavy atom. The maximum atomic E-state index is 4.61. The minimum absolute atomic E-state index is 0.924. The van der Waals surface area contributed by atoms with Crippen LogP contribution in [0.4, 0.5) is 5.69 Å². The number of fused-ring (bicyclic) bond motifs is 2. The van der Waals surface area contributed by atoms with Gasteiger partial charge in [0.25, 0.3) is 0 Å². The van der Waals surface area contributed by atoms with Crippen molar-refractivity contribution in [2.45, 2.75) is 0 Å². The molecular formula is C49H35N3. The molecule has 8 aromatic carbocycles. The van der Waals surface area contributed by atoms with Gasteiger partial charge in [0.2, 0.25) is 0 Å². The van der Waals surface area contributed by atoms with Gasteiger partial charge in [-0.2, -0.15) is 0 Å². The summed E-state index contributed by atoms with van der Waals surface area (Å²) in [5, 5.41) is 11.3. The summed E-state index contributed by atoms with van der Waals surface area (Å²) < 4.78 is 0. The first-order valence-corrected chi connectivity index (χ1v) is 17.3. The van der Waals surface area contributed by atoms with Crippen molar-refractivity contribution in [2.75, 3.05) is 0 Å². The number of benzene rings is 8. The number of rotatable bonds is 4. The van der Waals surface area contributed by atoms with E-state index >= 15 is 0 Å². The SMILES string of the molecule is C=C.C=Nc1ccccc1.c1cc(-c2ccc(-c3ccc4ccc5c(-c6cccc7ncccc67)ccc6ccc3c4c65)cc2)c2cnccc2c1. The van der Waals surface area contributed by atoms with Crippen molar-refractivity contribution in [2.24, 2.45) is 4.99 Å². The average molecular weight is 666 g/mol. The lowest BCUT2D eigenvalue weighted by atomic mass is 9.86. The fraction of sp³-hybridized carbons (Fsp3) is 0. The van der Waals surface area contributed by atoms with Crippen LogP contribution in [0.2, 0.25) is 0 Å². The van der Waals surface area contributed by atoms with E-state index in [1.54, 1.807) is 0 Å². The zero-order valence-electron chi connectivity index (χ0n) is 28.7. The second-order valence-corrected chi connectivity index (χ2v) is 12.5. The van der Waals surface area contributed by atoms with E-state index in [1.165, 1.54) is 81.9 Å². The van der Waals surface area contributed by atoms with E-state index < -0.39 is 0 Å². The van der Waals surface area contributed by atoms with Crippen LogP contribution in [-0.2, 0) is 0 Å². The predicted octanol–water partition coefficient (Wildman–Crippen LogP) is 13.5. The number of hydrogen-bond acceptors (Lipinski definition) is 3. The van der Waals surface area contributed by atoms with Gasteiger partial charge < -0.3 is 0 Å². The van der Waals surface area contributed by atoms with E-state index in [0.717, 1.165) is 11.2 Å². The van der Waals surface area contributed by atoms with Crippen LogP contribution in [0.3, 0.4) is 0 Å². The third kappa shape index (κ3) is 5.74. The second kappa shape index (κ2) is 14.1. The molecule has 2 aromatic heterocycles. The van der Waals surface area contributed by atoms with Crippen molar-refractivity contribution in [1.29, 1.82) is 0 Å². The summed E-state index contributed by atoms with van der Waals surface area (Å²) in [4.78, 5) is 12.7. The molecular weight excluding hydrogens is 631 g/mol. The number of nitrogens with zero attached hydrogens (tertiary/aromatic N) is 3. The van der Waals surface area contributed by atoms with E-state index in [9.17, 15) is 0 Å². The summed E-state index contributed by atoms with van der Waals surface area (Å²) in [6.45, 7) is 9.38. The summed E-state index contributed by atoms with van der Waals surface area (Å²) in [6.07, 6.45) is 5.68. The van der Waals surface area contributed by atoms with E-state index in [2.05, 4.69) is 156 Å². The normalized spacial score (nSPS) is 10.9. The predicted molar refractivity (Wildman–Crippen MR) is 224 cm³/mol. The molecule has 52 heavy (non-hydrogen) atoms. The number of aromatic nitrogens is 2. The highest BCUT2D eigenvalue weighted by molar-refractivity contribution is 6.28. The number of hydrogen-bond donors (Lipinski definition) is 0. The van der Waals surface area contributed by atoms with Gasteiger partial charge in [0.15, 0.2) is 0 Å². The van der Waals surface area contributed by atoms with Crippen molar-refractivity contribution >= 4 is 66.4 Å². The van der Waals surface area contributed by atoms with Gasteiger partial charge in [-0.3, -0.25) is 15.0 Å². The molecule has 0 fully saturated rings. The zero-order valence-corrected chi connectivity index (χ0v) is 28.7. The lowest BCUT2D eigenvalue weighted by molar-refractivity contribution is 1.36. The Bertz CT molecular complexity index is 2830. The largest absolute Gasteiger partial charge is 0.265 e. The highest BCUT2D eigenvalue weighted by atomic mass is 14.7. The van der Waals surface area contributed by atoms with E-state index in [-0.39, 0.29) is 0 Å². The van der Waals surface area contributed by atoms with Crippen LogP contribution in [0.25, 0.3) is 87.4 Å². The van der Waals surface area contributed by atoms with Crippen LogP contribution >= 0.6 is 0 Å². The van der Waals surface area contributed by atoms with Crippen molar-refractivity contribution in [1.82, 2.24) is 9.97 Å². The van der Waals surface area contributed by atoms with Crippen molar-refractivity contribution in [3.63, 3.8) is 0 Å². The number of pyridine rings is 2. The molecule has 3 nitrogen and oxygen atoms in total. The number of para-hydroxylation sites is 1. The molecule has 0 aliphatic carbocycles. The van der Waals surface area contributed by atoms with E-state index in [0.29, 0.717) is 0 Å². The third-order valence-electron chi connectivity index (χ3n) is 9.73. The Labute approximate surface area is 303 Å². The molecule has 246 valence electrons. The maximum absolute atomic E-state index is 4.61. The average Bonchev–Trinajstić information content (AvgIpc) is 3.23. The fourth-order valence-electron chi connectivity index (χ4n) is 7.35. The Morgan fingerprint density at radius 2 is 1.00 bits per heavy atom. The van der Waals surface area contributed by atoms with Crippen molar-refractivity contribution < 1.29 is 0 Å². The van der Waals surface area contributed by atoms with Crippen LogP contribution in [0, 0.1) is 0 Å². The molecule has 0 aliphatic heterocycles. The van der Waals surface area contributed by atoms with Gasteiger partial charge in [0.1, 0.15) is 0 Å².